The van der Waals surface area contributed by atoms with E-state index in [9.17, 15) is 0 Å². The number of guanidine groups is 1. The molecule has 156 valence electrons. The van der Waals surface area contributed by atoms with Gasteiger partial charge in [0.15, 0.2) is 5.96 Å². The lowest BCUT2D eigenvalue weighted by Gasteiger charge is -2.41. The third-order valence-corrected chi connectivity index (χ3v) is 5.18. The van der Waals surface area contributed by atoms with Gasteiger partial charge in [0.1, 0.15) is 5.65 Å². The van der Waals surface area contributed by atoms with Crippen molar-refractivity contribution in [3.8, 4) is 0 Å². The zero-order chi connectivity index (χ0) is 19.3. The maximum absolute atomic E-state index is 5.46. The van der Waals surface area contributed by atoms with Gasteiger partial charge in [0.25, 0.3) is 0 Å². The van der Waals surface area contributed by atoms with E-state index < -0.39 is 0 Å². The Morgan fingerprint density at radius 1 is 1.29 bits per heavy atom. The minimum Gasteiger partial charge on any atom is -0.379 e. The summed E-state index contributed by atoms with van der Waals surface area (Å²) in [6.45, 7) is 11.8. The Hall–Kier alpha value is -1.39. The molecule has 2 N–H and O–H groups in total. The van der Waals surface area contributed by atoms with E-state index in [-0.39, 0.29) is 29.5 Å². The van der Waals surface area contributed by atoms with E-state index in [1.807, 2.05) is 19.3 Å². The fourth-order valence-corrected chi connectivity index (χ4v) is 3.43. The standard InChI is InChI=1S/C20H32N6O.HI/c1-16-6-5-9-25-14-17(24-18(16)25)7-8-22-19(21-4)23-15-20(2,3)26-10-12-27-13-11-26;/h5-6,9,14H,7-8,10-13,15H2,1-4H3,(H2,21,22,23);1H. The lowest BCUT2D eigenvalue weighted by Crippen LogP contribution is -2.56. The molecule has 7 nitrogen and oxygen atoms in total. The van der Waals surface area contributed by atoms with E-state index in [0.717, 1.165) is 63.1 Å². The Bertz CT molecular complexity index is 782. The third kappa shape index (κ3) is 5.81. The summed E-state index contributed by atoms with van der Waals surface area (Å²) in [4.78, 5) is 11.5. The summed E-state index contributed by atoms with van der Waals surface area (Å²) in [5.41, 5.74) is 3.36. The Kier molecular flexibility index (Phi) is 8.51. The fraction of sp³-hybridized carbons (Fsp3) is 0.600. The van der Waals surface area contributed by atoms with Crippen LogP contribution in [0.15, 0.2) is 29.5 Å². The first-order chi connectivity index (χ1) is 13.0. The molecule has 3 heterocycles. The molecule has 0 atom stereocenters. The third-order valence-electron chi connectivity index (χ3n) is 5.18. The van der Waals surface area contributed by atoms with Crippen LogP contribution in [-0.4, -0.2) is 72.2 Å². The SMILES string of the molecule is CN=C(NCCc1cn2cccc(C)c2n1)NCC(C)(C)N1CCOCC1.I. The van der Waals surface area contributed by atoms with Crippen LogP contribution in [0.2, 0.25) is 0 Å². The molecule has 0 radical (unpaired) electrons. The molecule has 3 rings (SSSR count). The van der Waals surface area contributed by atoms with Crippen molar-refractivity contribution in [2.75, 3.05) is 46.4 Å². The van der Waals surface area contributed by atoms with E-state index >= 15 is 0 Å². The number of halogens is 1. The first-order valence-electron chi connectivity index (χ1n) is 9.70. The van der Waals surface area contributed by atoms with Gasteiger partial charge in [-0.1, -0.05) is 6.07 Å². The number of hydrogen-bond acceptors (Lipinski definition) is 4. The van der Waals surface area contributed by atoms with Crippen molar-refractivity contribution in [1.29, 1.82) is 0 Å². The molecular weight excluding hydrogens is 467 g/mol. The second-order valence-electron chi connectivity index (χ2n) is 7.67. The van der Waals surface area contributed by atoms with E-state index in [1.54, 1.807) is 0 Å². The molecule has 2 aromatic rings. The number of nitrogens with one attached hydrogen (secondary N) is 2. The monoisotopic (exact) mass is 500 g/mol. The molecule has 2 aromatic heterocycles. The molecule has 28 heavy (non-hydrogen) atoms. The highest BCUT2D eigenvalue weighted by Gasteiger charge is 2.28. The zero-order valence-corrected chi connectivity index (χ0v) is 19.7. The number of aryl methyl sites for hydroxylation is 1. The van der Waals surface area contributed by atoms with Crippen molar-refractivity contribution in [3.05, 3.63) is 35.8 Å². The van der Waals surface area contributed by atoms with Crippen LogP contribution < -0.4 is 10.6 Å². The van der Waals surface area contributed by atoms with Crippen molar-refractivity contribution >= 4 is 35.6 Å². The summed E-state index contributed by atoms with van der Waals surface area (Å²) in [7, 11) is 1.81. The van der Waals surface area contributed by atoms with Crippen molar-refractivity contribution in [2.45, 2.75) is 32.7 Å². The largest absolute Gasteiger partial charge is 0.379 e. The highest BCUT2D eigenvalue weighted by Crippen LogP contribution is 2.15. The minimum absolute atomic E-state index is 0. The number of ether oxygens (including phenoxy) is 1. The molecule has 0 aromatic carbocycles. The van der Waals surface area contributed by atoms with Crippen LogP contribution >= 0.6 is 24.0 Å². The van der Waals surface area contributed by atoms with Crippen LogP contribution in [0.3, 0.4) is 0 Å². The van der Waals surface area contributed by atoms with Crippen molar-refractivity contribution in [1.82, 2.24) is 24.9 Å². The summed E-state index contributed by atoms with van der Waals surface area (Å²) in [6, 6.07) is 4.14. The lowest BCUT2D eigenvalue weighted by molar-refractivity contribution is -0.00833. The average Bonchev–Trinajstić information content (AvgIpc) is 3.09. The van der Waals surface area contributed by atoms with Gasteiger partial charge in [0, 0.05) is 57.6 Å². The van der Waals surface area contributed by atoms with E-state index in [1.165, 1.54) is 5.56 Å². The second-order valence-corrected chi connectivity index (χ2v) is 7.67. The van der Waals surface area contributed by atoms with E-state index in [4.69, 9.17) is 9.72 Å². The molecular formula is C20H33IN6O. The summed E-state index contributed by atoms with van der Waals surface area (Å²) in [6.07, 6.45) is 5.00. The second kappa shape index (κ2) is 10.4. The first kappa shape index (κ1) is 22.9. The molecule has 0 aliphatic carbocycles. The highest BCUT2D eigenvalue weighted by molar-refractivity contribution is 14.0. The molecule has 1 aliphatic heterocycles. The van der Waals surface area contributed by atoms with Gasteiger partial charge in [0.2, 0.25) is 0 Å². The molecule has 0 amide bonds. The van der Waals surface area contributed by atoms with Gasteiger partial charge >= 0.3 is 0 Å². The lowest BCUT2D eigenvalue weighted by atomic mass is 10.0. The quantitative estimate of drug-likeness (QED) is 0.361. The van der Waals surface area contributed by atoms with Crippen molar-refractivity contribution in [3.63, 3.8) is 0 Å². The summed E-state index contributed by atoms with van der Waals surface area (Å²) in [5, 5.41) is 6.86. The maximum Gasteiger partial charge on any atom is 0.191 e. The topological polar surface area (TPSA) is 66.2 Å². The van der Waals surface area contributed by atoms with Gasteiger partial charge in [-0.05, 0) is 32.4 Å². The van der Waals surface area contributed by atoms with Crippen LogP contribution in [0, 0.1) is 6.92 Å². The van der Waals surface area contributed by atoms with Gasteiger partial charge in [-0.2, -0.15) is 0 Å². The summed E-state index contributed by atoms with van der Waals surface area (Å²) in [5.74, 6) is 0.830. The van der Waals surface area contributed by atoms with Gasteiger partial charge in [-0.15, -0.1) is 24.0 Å². The molecule has 1 saturated heterocycles. The van der Waals surface area contributed by atoms with Crippen molar-refractivity contribution in [2.24, 2.45) is 4.99 Å². The van der Waals surface area contributed by atoms with E-state index in [0.29, 0.717) is 0 Å². The predicted octanol–water partition coefficient (Wildman–Crippen LogP) is 2.08. The van der Waals surface area contributed by atoms with Crippen LogP contribution in [0.1, 0.15) is 25.1 Å². The van der Waals surface area contributed by atoms with Crippen molar-refractivity contribution < 1.29 is 4.74 Å². The Morgan fingerprint density at radius 3 is 2.71 bits per heavy atom. The number of imidazole rings is 1. The number of hydrogen-bond donors (Lipinski definition) is 2. The Labute approximate surface area is 185 Å². The Balaban J connectivity index is 0.00000280. The predicted molar refractivity (Wildman–Crippen MR) is 125 cm³/mol. The molecule has 0 unspecified atom stereocenters. The number of morpholine rings is 1. The highest BCUT2D eigenvalue weighted by atomic mass is 127. The fourth-order valence-electron chi connectivity index (χ4n) is 3.43. The van der Waals surface area contributed by atoms with Crippen LogP contribution in [-0.2, 0) is 11.2 Å². The smallest absolute Gasteiger partial charge is 0.191 e. The van der Waals surface area contributed by atoms with Gasteiger partial charge in [-0.3, -0.25) is 9.89 Å². The molecule has 0 saturated carbocycles. The minimum atomic E-state index is 0. The van der Waals surface area contributed by atoms with Gasteiger partial charge in [0.05, 0.1) is 18.9 Å². The summed E-state index contributed by atoms with van der Waals surface area (Å²) >= 11 is 0. The average molecular weight is 500 g/mol. The normalized spacial score (nSPS) is 16.1. The molecule has 0 spiro atoms. The summed E-state index contributed by atoms with van der Waals surface area (Å²) < 4.78 is 7.55. The molecule has 1 aliphatic rings. The van der Waals surface area contributed by atoms with Gasteiger partial charge < -0.3 is 19.8 Å². The van der Waals surface area contributed by atoms with Crippen LogP contribution in [0.5, 0.6) is 0 Å². The number of pyridine rings is 1. The number of aromatic nitrogens is 2. The molecule has 0 bridgehead atoms. The number of fused-ring (bicyclic) bond motifs is 1. The zero-order valence-electron chi connectivity index (χ0n) is 17.4. The van der Waals surface area contributed by atoms with Crippen LogP contribution in [0.25, 0.3) is 5.65 Å². The number of nitrogens with zero attached hydrogens (tertiary/aromatic N) is 4. The van der Waals surface area contributed by atoms with E-state index in [2.05, 4.69) is 58.0 Å². The first-order valence-corrected chi connectivity index (χ1v) is 9.70. The molecule has 1 fully saturated rings. The van der Waals surface area contributed by atoms with Gasteiger partial charge in [-0.25, -0.2) is 4.98 Å². The van der Waals surface area contributed by atoms with Crippen LogP contribution in [0.4, 0.5) is 0 Å². The molecule has 8 heteroatoms. The Morgan fingerprint density at radius 2 is 2.04 bits per heavy atom. The number of aliphatic imine (C=N–C) groups is 1. The number of rotatable bonds is 6. The maximum atomic E-state index is 5.46.